The number of nitrogens with one attached hydrogen (secondary N) is 2. The molecule has 0 radical (unpaired) electrons. The van der Waals surface area contributed by atoms with Gasteiger partial charge in [-0.1, -0.05) is 32.6 Å². The Morgan fingerprint density at radius 2 is 1.91 bits per heavy atom. The Morgan fingerprint density at radius 3 is 2.61 bits per heavy atom. The molecule has 0 amide bonds. The quantitative estimate of drug-likeness (QED) is 0.265. The molecule has 0 aromatic rings. The molecule has 5 heteroatoms. The first-order chi connectivity index (χ1) is 10.8. The van der Waals surface area contributed by atoms with Gasteiger partial charge < -0.3 is 15.5 Å². The molecule has 1 aliphatic carbocycles. The molecule has 1 unspecified atom stereocenters. The first-order valence-corrected chi connectivity index (χ1v) is 9.48. The standard InChI is InChI=1S/C18H36N4.HI/c1-3-12-22-13-10-17(15-22)14-21-18(19-2)20-11-6-9-16-7-4-5-8-16;/h16-17H,3-15H2,1-2H3,(H2,19,20,21);1H. The van der Waals surface area contributed by atoms with E-state index in [1.54, 1.807) is 0 Å². The molecule has 0 aromatic heterocycles. The minimum absolute atomic E-state index is 0. The molecule has 1 saturated carbocycles. The number of rotatable bonds is 8. The molecule has 0 aromatic carbocycles. The highest BCUT2D eigenvalue weighted by Crippen LogP contribution is 2.28. The van der Waals surface area contributed by atoms with Crippen molar-refractivity contribution in [1.29, 1.82) is 0 Å². The van der Waals surface area contributed by atoms with Gasteiger partial charge in [-0.25, -0.2) is 0 Å². The third-order valence-electron chi connectivity index (χ3n) is 5.25. The molecule has 1 atom stereocenters. The van der Waals surface area contributed by atoms with Gasteiger partial charge in [-0.15, -0.1) is 24.0 Å². The molecule has 23 heavy (non-hydrogen) atoms. The fraction of sp³-hybridized carbons (Fsp3) is 0.944. The maximum atomic E-state index is 4.35. The summed E-state index contributed by atoms with van der Waals surface area (Å²) in [6.45, 7) is 8.16. The topological polar surface area (TPSA) is 39.7 Å². The Bertz CT molecular complexity index is 329. The van der Waals surface area contributed by atoms with Crippen LogP contribution in [0.2, 0.25) is 0 Å². The van der Waals surface area contributed by atoms with Crippen LogP contribution in [0.4, 0.5) is 0 Å². The lowest BCUT2D eigenvalue weighted by molar-refractivity contribution is 0.324. The summed E-state index contributed by atoms with van der Waals surface area (Å²) in [7, 11) is 1.88. The van der Waals surface area contributed by atoms with Crippen LogP contribution in [0.5, 0.6) is 0 Å². The van der Waals surface area contributed by atoms with Crippen LogP contribution in [0.15, 0.2) is 4.99 Å². The molecule has 2 fully saturated rings. The van der Waals surface area contributed by atoms with Gasteiger partial charge in [0.1, 0.15) is 0 Å². The van der Waals surface area contributed by atoms with Gasteiger partial charge in [-0.3, -0.25) is 4.99 Å². The van der Waals surface area contributed by atoms with E-state index in [-0.39, 0.29) is 24.0 Å². The van der Waals surface area contributed by atoms with E-state index in [9.17, 15) is 0 Å². The smallest absolute Gasteiger partial charge is 0.190 e. The highest BCUT2D eigenvalue weighted by atomic mass is 127. The first-order valence-electron chi connectivity index (χ1n) is 9.48. The monoisotopic (exact) mass is 436 g/mol. The van der Waals surface area contributed by atoms with Crippen molar-refractivity contribution >= 4 is 29.9 Å². The fourth-order valence-electron chi connectivity index (χ4n) is 3.96. The summed E-state index contributed by atoms with van der Waals surface area (Å²) in [5.74, 6) is 2.77. The number of hydrogen-bond donors (Lipinski definition) is 2. The molecule has 2 rings (SSSR count). The van der Waals surface area contributed by atoms with E-state index in [2.05, 4.69) is 27.4 Å². The van der Waals surface area contributed by atoms with Crippen LogP contribution in [-0.2, 0) is 0 Å². The predicted octanol–water partition coefficient (Wildman–Crippen LogP) is 3.47. The van der Waals surface area contributed by atoms with Crippen molar-refractivity contribution in [1.82, 2.24) is 15.5 Å². The van der Waals surface area contributed by atoms with Crippen molar-refractivity contribution in [3.8, 4) is 0 Å². The zero-order chi connectivity index (χ0) is 15.6. The molecule has 1 saturated heterocycles. The fourth-order valence-corrected chi connectivity index (χ4v) is 3.96. The first kappa shape index (κ1) is 21.0. The van der Waals surface area contributed by atoms with Gasteiger partial charge in [0, 0.05) is 26.7 Å². The second-order valence-electron chi connectivity index (χ2n) is 7.13. The highest BCUT2D eigenvalue weighted by Gasteiger charge is 2.21. The minimum atomic E-state index is 0. The lowest BCUT2D eigenvalue weighted by atomic mass is 10.0. The van der Waals surface area contributed by atoms with Crippen LogP contribution in [0, 0.1) is 11.8 Å². The summed E-state index contributed by atoms with van der Waals surface area (Å²) in [5, 5.41) is 6.99. The summed E-state index contributed by atoms with van der Waals surface area (Å²) < 4.78 is 0. The van der Waals surface area contributed by atoms with Crippen LogP contribution < -0.4 is 10.6 Å². The molecular weight excluding hydrogens is 399 g/mol. The molecular formula is C18H37IN4. The SMILES string of the molecule is CCCN1CCC(CNC(=NC)NCCCC2CCCC2)C1.I. The normalized spacial score (nSPS) is 23.0. The largest absolute Gasteiger partial charge is 0.356 e. The van der Waals surface area contributed by atoms with Crippen molar-refractivity contribution in [2.75, 3.05) is 39.8 Å². The number of likely N-dealkylation sites (tertiary alicyclic amines) is 1. The molecule has 2 aliphatic rings. The van der Waals surface area contributed by atoms with Gasteiger partial charge in [0.05, 0.1) is 0 Å². The van der Waals surface area contributed by atoms with Crippen LogP contribution >= 0.6 is 24.0 Å². The second kappa shape index (κ2) is 12.3. The lowest BCUT2D eigenvalue weighted by Gasteiger charge is -2.17. The Kier molecular flexibility index (Phi) is 11.3. The summed E-state index contributed by atoms with van der Waals surface area (Å²) in [4.78, 5) is 6.94. The van der Waals surface area contributed by atoms with E-state index >= 15 is 0 Å². The van der Waals surface area contributed by atoms with Crippen molar-refractivity contribution in [3.05, 3.63) is 0 Å². The Hall–Kier alpha value is -0.0400. The van der Waals surface area contributed by atoms with Gasteiger partial charge in [0.2, 0.25) is 0 Å². The van der Waals surface area contributed by atoms with Gasteiger partial charge in [0.15, 0.2) is 5.96 Å². The van der Waals surface area contributed by atoms with Gasteiger partial charge >= 0.3 is 0 Å². The number of halogens is 1. The number of guanidine groups is 1. The maximum absolute atomic E-state index is 4.35. The molecule has 1 heterocycles. The second-order valence-corrected chi connectivity index (χ2v) is 7.13. The van der Waals surface area contributed by atoms with E-state index in [1.807, 2.05) is 7.05 Å². The van der Waals surface area contributed by atoms with Gasteiger partial charge in [0.25, 0.3) is 0 Å². The van der Waals surface area contributed by atoms with Crippen molar-refractivity contribution in [2.24, 2.45) is 16.8 Å². The molecule has 4 nitrogen and oxygen atoms in total. The summed E-state index contributed by atoms with van der Waals surface area (Å²) in [6, 6.07) is 0. The van der Waals surface area contributed by atoms with Crippen LogP contribution in [-0.4, -0.2) is 50.6 Å². The average molecular weight is 436 g/mol. The Morgan fingerprint density at radius 1 is 1.13 bits per heavy atom. The van der Waals surface area contributed by atoms with Gasteiger partial charge in [-0.2, -0.15) is 0 Å². The van der Waals surface area contributed by atoms with E-state index < -0.39 is 0 Å². The summed E-state index contributed by atoms with van der Waals surface area (Å²) in [6.07, 6.45) is 11.1. The summed E-state index contributed by atoms with van der Waals surface area (Å²) >= 11 is 0. The Labute approximate surface area is 160 Å². The van der Waals surface area contributed by atoms with Crippen molar-refractivity contribution < 1.29 is 0 Å². The molecule has 0 spiro atoms. The zero-order valence-corrected chi connectivity index (χ0v) is 17.5. The number of aliphatic imine (C=N–C) groups is 1. The lowest BCUT2D eigenvalue weighted by Crippen LogP contribution is -2.40. The van der Waals surface area contributed by atoms with E-state index in [1.165, 1.54) is 71.0 Å². The third-order valence-corrected chi connectivity index (χ3v) is 5.25. The van der Waals surface area contributed by atoms with Crippen molar-refractivity contribution in [3.63, 3.8) is 0 Å². The highest BCUT2D eigenvalue weighted by molar-refractivity contribution is 14.0. The predicted molar refractivity (Wildman–Crippen MR) is 111 cm³/mol. The maximum Gasteiger partial charge on any atom is 0.190 e. The number of hydrogen-bond acceptors (Lipinski definition) is 2. The number of nitrogens with zero attached hydrogens (tertiary/aromatic N) is 2. The zero-order valence-electron chi connectivity index (χ0n) is 15.1. The summed E-state index contributed by atoms with van der Waals surface area (Å²) in [5.41, 5.74) is 0. The molecule has 1 aliphatic heterocycles. The van der Waals surface area contributed by atoms with Crippen molar-refractivity contribution in [2.45, 2.75) is 58.3 Å². The Balaban J connectivity index is 0.00000264. The van der Waals surface area contributed by atoms with E-state index in [4.69, 9.17) is 0 Å². The molecule has 2 N–H and O–H groups in total. The van der Waals surface area contributed by atoms with Crippen LogP contribution in [0.3, 0.4) is 0 Å². The van der Waals surface area contributed by atoms with E-state index in [0.717, 1.165) is 30.9 Å². The average Bonchev–Trinajstić information content (AvgIpc) is 3.19. The van der Waals surface area contributed by atoms with Gasteiger partial charge in [-0.05, 0) is 50.6 Å². The molecule has 0 bridgehead atoms. The van der Waals surface area contributed by atoms with Crippen LogP contribution in [0.1, 0.15) is 58.3 Å². The van der Waals surface area contributed by atoms with E-state index in [0.29, 0.717) is 0 Å². The van der Waals surface area contributed by atoms with Crippen LogP contribution in [0.25, 0.3) is 0 Å². The molecule has 136 valence electrons. The minimum Gasteiger partial charge on any atom is -0.356 e. The third kappa shape index (κ3) is 8.05.